The van der Waals surface area contributed by atoms with E-state index in [1.54, 1.807) is 0 Å². The first-order valence-corrected chi connectivity index (χ1v) is 5.58. The molecule has 0 aromatic rings. The molecule has 0 N–H and O–H groups in total. The van der Waals surface area contributed by atoms with Crippen molar-refractivity contribution in [2.24, 2.45) is 0 Å². The monoisotopic (exact) mass is 181 g/mol. The number of hydrogen-bond acceptors (Lipinski definition) is 2. The van der Waals surface area contributed by atoms with Gasteiger partial charge in [-0.15, -0.1) is 0 Å². The fourth-order valence-corrected chi connectivity index (χ4v) is 2.89. The van der Waals surface area contributed by atoms with E-state index >= 15 is 0 Å². The SMILES string of the molecule is CCCN1[C@@H]2CCC[C@@H]1CC(=O)C2. The molecular weight excluding hydrogens is 162 g/mol. The van der Waals surface area contributed by atoms with Crippen LogP contribution in [0.2, 0.25) is 0 Å². The van der Waals surface area contributed by atoms with Crippen LogP contribution in [0.4, 0.5) is 0 Å². The summed E-state index contributed by atoms with van der Waals surface area (Å²) < 4.78 is 0. The number of piperidine rings is 2. The molecule has 2 saturated heterocycles. The maximum Gasteiger partial charge on any atom is 0.136 e. The molecule has 0 radical (unpaired) electrons. The first kappa shape index (κ1) is 9.20. The minimum absolute atomic E-state index is 0.502. The Hall–Kier alpha value is -0.370. The van der Waals surface area contributed by atoms with Crippen molar-refractivity contribution in [3.05, 3.63) is 0 Å². The maximum atomic E-state index is 11.4. The molecule has 2 bridgehead atoms. The van der Waals surface area contributed by atoms with Gasteiger partial charge in [-0.05, 0) is 25.8 Å². The summed E-state index contributed by atoms with van der Waals surface area (Å²) >= 11 is 0. The highest BCUT2D eigenvalue weighted by Gasteiger charge is 2.36. The number of carbonyl (C=O) groups is 1. The number of rotatable bonds is 2. The van der Waals surface area contributed by atoms with Gasteiger partial charge in [0.2, 0.25) is 0 Å². The second-order valence-electron chi connectivity index (χ2n) is 4.42. The predicted octanol–water partition coefficient (Wildman–Crippen LogP) is 1.98. The number of carbonyl (C=O) groups excluding carboxylic acids is 1. The molecule has 0 saturated carbocycles. The zero-order chi connectivity index (χ0) is 9.26. The van der Waals surface area contributed by atoms with Gasteiger partial charge in [0.25, 0.3) is 0 Å². The Morgan fingerprint density at radius 2 is 1.92 bits per heavy atom. The molecule has 0 aromatic heterocycles. The molecule has 0 aromatic carbocycles. The smallest absolute Gasteiger partial charge is 0.136 e. The molecule has 2 aliphatic heterocycles. The highest BCUT2D eigenvalue weighted by Crippen LogP contribution is 2.31. The van der Waals surface area contributed by atoms with Crippen LogP contribution in [0, 0.1) is 0 Å². The van der Waals surface area contributed by atoms with E-state index in [0.717, 1.165) is 12.8 Å². The van der Waals surface area contributed by atoms with Gasteiger partial charge in [0.05, 0.1) is 0 Å². The molecule has 2 heteroatoms. The molecule has 0 unspecified atom stereocenters. The van der Waals surface area contributed by atoms with Crippen LogP contribution in [0.1, 0.15) is 45.4 Å². The van der Waals surface area contributed by atoms with Crippen LogP contribution in [0.25, 0.3) is 0 Å². The van der Waals surface area contributed by atoms with Gasteiger partial charge in [0, 0.05) is 24.9 Å². The van der Waals surface area contributed by atoms with E-state index in [2.05, 4.69) is 11.8 Å². The molecule has 2 atom stereocenters. The number of ketones is 1. The Kier molecular flexibility index (Phi) is 2.68. The van der Waals surface area contributed by atoms with Crippen LogP contribution in [-0.2, 0) is 4.79 Å². The summed E-state index contributed by atoms with van der Waals surface area (Å²) in [5.74, 6) is 0.502. The second-order valence-corrected chi connectivity index (χ2v) is 4.42. The Morgan fingerprint density at radius 3 is 2.46 bits per heavy atom. The molecule has 2 aliphatic rings. The fourth-order valence-electron chi connectivity index (χ4n) is 2.89. The number of nitrogens with zero attached hydrogens (tertiary/aromatic N) is 1. The summed E-state index contributed by atoms with van der Waals surface area (Å²) in [6.45, 7) is 3.43. The Morgan fingerprint density at radius 1 is 1.31 bits per heavy atom. The summed E-state index contributed by atoms with van der Waals surface area (Å²) in [5.41, 5.74) is 0. The third kappa shape index (κ3) is 1.78. The maximum absolute atomic E-state index is 11.4. The standard InChI is InChI=1S/C11H19NO/c1-2-6-12-9-4-3-5-10(12)8-11(13)7-9/h9-10H,2-8H2,1H3/t9-,10-/m1/s1. The average Bonchev–Trinajstić information content (AvgIpc) is 2.07. The predicted molar refractivity (Wildman–Crippen MR) is 52.7 cm³/mol. The van der Waals surface area contributed by atoms with Crippen molar-refractivity contribution >= 4 is 5.78 Å². The summed E-state index contributed by atoms with van der Waals surface area (Å²) in [6, 6.07) is 1.19. The largest absolute Gasteiger partial charge is 0.300 e. The van der Waals surface area contributed by atoms with E-state index in [1.165, 1.54) is 32.2 Å². The van der Waals surface area contributed by atoms with Crippen molar-refractivity contribution in [3.8, 4) is 0 Å². The van der Waals surface area contributed by atoms with Gasteiger partial charge in [0.1, 0.15) is 5.78 Å². The highest BCUT2D eigenvalue weighted by atomic mass is 16.1. The molecule has 0 aliphatic carbocycles. The number of fused-ring (bicyclic) bond motifs is 2. The lowest BCUT2D eigenvalue weighted by Gasteiger charge is -2.45. The van der Waals surface area contributed by atoms with E-state index in [4.69, 9.17) is 0 Å². The molecular formula is C11H19NO. The number of Topliss-reactive ketones (excluding diaryl/α,β-unsaturated/α-hetero) is 1. The fraction of sp³-hybridized carbons (Fsp3) is 0.909. The van der Waals surface area contributed by atoms with Crippen LogP contribution in [0.3, 0.4) is 0 Å². The van der Waals surface area contributed by atoms with Gasteiger partial charge in [0.15, 0.2) is 0 Å². The van der Waals surface area contributed by atoms with Gasteiger partial charge in [-0.1, -0.05) is 13.3 Å². The van der Waals surface area contributed by atoms with Crippen molar-refractivity contribution in [2.75, 3.05) is 6.54 Å². The van der Waals surface area contributed by atoms with Gasteiger partial charge >= 0.3 is 0 Å². The summed E-state index contributed by atoms with van der Waals surface area (Å²) in [5, 5.41) is 0. The van der Waals surface area contributed by atoms with E-state index in [0.29, 0.717) is 17.9 Å². The first-order valence-electron chi connectivity index (χ1n) is 5.58. The lowest BCUT2D eigenvalue weighted by atomic mass is 9.84. The van der Waals surface area contributed by atoms with Crippen LogP contribution < -0.4 is 0 Å². The average molecular weight is 181 g/mol. The molecule has 13 heavy (non-hydrogen) atoms. The summed E-state index contributed by atoms with van der Waals surface area (Å²) in [6.07, 6.45) is 6.72. The minimum Gasteiger partial charge on any atom is -0.300 e. The molecule has 2 nitrogen and oxygen atoms in total. The topological polar surface area (TPSA) is 20.3 Å². The van der Waals surface area contributed by atoms with Crippen LogP contribution in [-0.4, -0.2) is 29.3 Å². The zero-order valence-electron chi connectivity index (χ0n) is 8.46. The first-order chi connectivity index (χ1) is 6.31. The van der Waals surface area contributed by atoms with Gasteiger partial charge in [-0.3, -0.25) is 9.69 Å². The normalized spacial score (nSPS) is 35.0. The summed E-state index contributed by atoms with van der Waals surface area (Å²) in [7, 11) is 0. The lowest BCUT2D eigenvalue weighted by molar-refractivity contribution is -0.127. The lowest BCUT2D eigenvalue weighted by Crippen LogP contribution is -2.52. The molecule has 2 rings (SSSR count). The van der Waals surface area contributed by atoms with Crippen molar-refractivity contribution in [1.82, 2.24) is 4.90 Å². The van der Waals surface area contributed by atoms with Crippen molar-refractivity contribution in [1.29, 1.82) is 0 Å². The Labute approximate surface area is 80.3 Å². The van der Waals surface area contributed by atoms with Gasteiger partial charge in [-0.25, -0.2) is 0 Å². The third-order valence-corrected chi connectivity index (χ3v) is 3.42. The van der Waals surface area contributed by atoms with E-state index < -0.39 is 0 Å². The van der Waals surface area contributed by atoms with Crippen LogP contribution in [0.15, 0.2) is 0 Å². The molecule has 0 amide bonds. The zero-order valence-corrected chi connectivity index (χ0v) is 8.46. The molecule has 74 valence electrons. The van der Waals surface area contributed by atoms with Crippen LogP contribution in [0.5, 0.6) is 0 Å². The van der Waals surface area contributed by atoms with Crippen molar-refractivity contribution in [2.45, 2.75) is 57.5 Å². The quantitative estimate of drug-likeness (QED) is 0.649. The van der Waals surface area contributed by atoms with E-state index in [1.807, 2.05) is 0 Å². The Balaban J connectivity index is 2.05. The highest BCUT2D eigenvalue weighted by molar-refractivity contribution is 5.80. The van der Waals surface area contributed by atoms with E-state index in [-0.39, 0.29) is 0 Å². The van der Waals surface area contributed by atoms with Crippen molar-refractivity contribution < 1.29 is 4.79 Å². The number of hydrogen-bond donors (Lipinski definition) is 0. The molecule has 0 spiro atoms. The van der Waals surface area contributed by atoms with Crippen molar-refractivity contribution in [3.63, 3.8) is 0 Å². The minimum atomic E-state index is 0.502. The molecule has 2 heterocycles. The second kappa shape index (κ2) is 3.79. The third-order valence-electron chi connectivity index (χ3n) is 3.42. The Bertz CT molecular complexity index is 186. The van der Waals surface area contributed by atoms with Crippen LogP contribution >= 0.6 is 0 Å². The summed E-state index contributed by atoms with van der Waals surface area (Å²) in [4.78, 5) is 14.0. The van der Waals surface area contributed by atoms with Gasteiger partial charge in [-0.2, -0.15) is 0 Å². The van der Waals surface area contributed by atoms with Gasteiger partial charge < -0.3 is 0 Å². The van der Waals surface area contributed by atoms with E-state index in [9.17, 15) is 4.79 Å². The molecule has 2 fully saturated rings.